The number of nitrogens with zero attached hydrogens (tertiary/aromatic N) is 1. The number of hydrogen-bond donors (Lipinski definition) is 1. The minimum Gasteiger partial charge on any atom is -0.497 e. The fraction of sp³-hybridized carbons (Fsp3) is 0.353. The van der Waals surface area contributed by atoms with Crippen molar-refractivity contribution >= 4 is 17.3 Å². The first-order valence-electron chi connectivity index (χ1n) is 7.23. The highest BCUT2D eigenvalue weighted by molar-refractivity contribution is 6.30. The first-order valence-corrected chi connectivity index (χ1v) is 7.60. The average molecular weight is 303 g/mol. The topological polar surface area (TPSA) is 34.1 Å². The van der Waals surface area contributed by atoms with Gasteiger partial charge >= 0.3 is 0 Å². The predicted molar refractivity (Wildman–Crippen MR) is 86.3 cm³/mol. The van der Waals surface area contributed by atoms with Crippen LogP contribution in [0, 0.1) is 6.92 Å². The van der Waals surface area contributed by atoms with Crippen LogP contribution < -0.4 is 10.1 Å². The summed E-state index contributed by atoms with van der Waals surface area (Å²) >= 11 is 5.99. The Morgan fingerprint density at radius 1 is 1.33 bits per heavy atom. The Morgan fingerprint density at radius 3 is 2.95 bits per heavy atom. The van der Waals surface area contributed by atoms with E-state index in [4.69, 9.17) is 16.3 Å². The van der Waals surface area contributed by atoms with Crippen LogP contribution in [0.25, 0.3) is 0 Å². The Morgan fingerprint density at radius 2 is 2.19 bits per heavy atom. The number of rotatable bonds is 3. The van der Waals surface area contributed by atoms with Gasteiger partial charge in [0, 0.05) is 0 Å². The number of methoxy groups -OCH3 is 1. The number of aromatic nitrogens is 1. The molecule has 0 saturated heterocycles. The van der Waals surface area contributed by atoms with E-state index in [9.17, 15) is 0 Å². The number of benzene rings is 1. The number of ether oxygens (including phenoxy) is 1. The molecule has 110 valence electrons. The number of halogens is 1. The number of anilines is 1. The zero-order chi connectivity index (χ0) is 14.8. The summed E-state index contributed by atoms with van der Waals surface area (Å²) in [6.07, 6.45) is 5.23. The minimum atomic E-state index is 0.297. The van der Waals surface area contributed by atoms with Crippen molar-refractivity contribution in [3.05, 3.63) is 52.3 Å². The maximum atomic E-state index is 5.99. The normalized spacial score (nSPS) is 17.2. The van der Waals surface area contributed by atoms with E-state index in [-0.39, 0.29) is 0 Å². The summed E-state index contributed by atoms with van der Waals surface area (Å²) < 4.78 is 5.36. The van der Waals surface area contributed by atoms with E-state index in [2.05, 4.69) is 22.4 Å². The summed E-state index contributed by atoms with van der Waals surface area (Å²) in [5.74, 6) is 0.910. The third-order valence-corrected chi connectivity index (χ3v) is 4.42. The van der Waals surface area contributed by atoms with Gasteiger partial charge in [0.2, 0.25) is 0 Å². The van der Waals surface area contributed by atoms with Gasteiger partial charge in [-0.05, 0) is 61.1 Å². The van der Waals surface area contributed by atoms with Crippen molar-refractivity contribution < 1.29 is 4.74 Å². The van der Waals surface area contributed by atoms with Crippen molar-refractivity contribution in [3.8, 4) is 5.75 Å². The summed E-state index contributed by atoms with van der Waals surface area (Å²) in [7, 11) is 1.71. The Balaban J connectivity index is 1.88. The second-order valence-corrected chi connectivity index (χ2v) is 5.84. The monoisotopic (exact) mass is 302 g/mol. The van der Waals surface area contributed by atoms with E-state index in [1.165, 1.54) is 17.5 Å². The number of pyridine rings is 1. The van der Waals surface area contributed by atoms with Crippen LogP contribution >= 0.6 is 11.6 Å². The van der Waals surface area contributed by atoms with E-state index < -0.39 is 0 Å². The standard InChI is InChI=1S/C17H19ClN2O/c1-11-8-13(10-19-17(11)18)20-16-5-3-4-12-6-7-14(21-2)9-15(12)16/h6-10,16,20H,3-5H2,1-2H3. The minimum absolute atomic E-state index is 0.297. The molecule has 1 aromatic carbocycles. The first-order chi connectivity index (χ1) is 10.2. The summed E-state index contributed by atoms with van der Waals surface area (Å²) in [5, 5.41) is 4.14. The van der Waals surface area contributed by atoms with Gasteiger partial charge in [-0.3, -0.25) is 0 Å². The van der Waals surface area contributed by atoms with Crippen molar-refractivity contribution in [3.63, 3.8) is 0 Å². The van der Waals surface area contributed by atoms with Crippen molar-refractivity contribution in [2.45, 2.75) is 32.2 Å². The highest BCUT2D eigenvalue weighted by Crippen LogP contribution is 2.35. The molecule has 0 fully saturated rings. The van der Waals surface area contributed by atoms with Crippen LogP contribution in [0.3, 0.4) is 0 Å². The summed E-state index contributed by atoms with van der Waals surface area (Å²) in [6.45, 7) is 1.97. The molecule has 0 amide bonds. The lowest BCUT2D eigenvalue weighted by atomic mass is 9.87. The Labute approximate surface area is 130 Å². The van der Waals surface area contributed by atoms with Gasteiger partial charge in [0.05, 0.1) is 25.0 Å². The molecule has 3 rings (SSSR count). The molecule has 1 aliphatic rings. The van der Waals surface area contributed by atoms with Crippen LogP contribution in [0.15, 0.2) is 30.5 Å². The predicted octanol–water partition coefficient (Wildman–Crippen LogP) is 4.54. The van der Waals surface area contributed by atoms with E-state index in [1.54, 1.807) is 13.3 Å². The van der Waals surface area contributed by atoms with Gasteiger partial charge in [-0.25, -0.2) is 4.98 Å². The van der Waals surface area contributed by atoms with Gasteiger partial charge in [0.15, 0.2) is 0 Å². The average Bonchev–Trinajstić information content (AvgIpc) is 2.51. The zero-order valence-electron chi connectivity index (χ0n) is 12.3. The molecule has 0 radical (unpaired) electrons. The van der Waals surface area contributed by atoms with Crippen molar-refractivity contribution in [1.82, 2.24) is 4.98 Å². The number of aryl methyl sites for hydroxylation is 2. The van der Waals surface area contributed by atoms with E-state index in [0.29, 0.717) is 11.2 Å². The fourth-order valence-electron chi connectivity index (χ4n) is 2.89. The first kappa shape index (κ1) is 14.2. The molecular weight excluding hydrogens is 284 g/mol. The molecular formula is C17H19ClN2O. The molecule has 1 atom stereocenters. The quantitative estimate of drug-likeness (QED) is 0.845. The van der Waals surface area contributed by atoms with Gasteiger partial charge in [-0.2, -0.15) is 0 Å². The van der Waals surface area contributed by atoms with Crippen LogP contribution in [-0.2, 0) is 6.42 Å². The van der Waals surface area contributed by atoms with Gasteiger partial charge in [-0.15, -0.1) is 0 Å². The second-order valence-electron chi connectivity index (χ2n) is 5.49. The van der Waals surface area contributed by atoms with Crippen LogP contribution in [-0.4, -0.2) is 12.1 Å². The molecule has 1 aromatic heterocycles. The molecule has 3 nitrogen and oxygen atoms in total. The summed E-state index contributed by atoms with van der Waals surface area (Å²) in [4.78, 5) is 4.21. The molecule has 1 unspecified atom stereocenters. The molecule has 21 heavy (non-hydrogen) atoms. The van der Waals surface area contributed by atoms with Crippen LogP contribution in [0.5, 0.6) is 5.75 Å². The molecule has 2 aromatic rings. The molecule has 0 aliphatic heterocycles. The maximum Gasteiger partial charge on any atom is 0.132 e. The Bertz CT molecular complexity index is 657. The lowest BCUT2D eigenvalue weighted by Gasteiger charge is -2.27. The molecule has 1 N–H and O–H groups in total. The van der Waals surface area contributed by atoms with E-state index in [0.717, 1.165) is 29.8 Å². The van der Waals surface area contributed by atoms with E-state index in [1.807, 2.05) is 19.1 Å². The maximum absolute atomic E-state index is 5.99. The SMILES string of the molecule is COc1ccc2c(c1)C(Nc1cnc(Cl)c(C)c1)CCC2. The number of nitrogens with one attached hydrogen (secondary N) is 1. The Kier molecular flexibility index (Phi) is 4.02. The Hall–Kier alpha value is -1.74. The van der Waals surface area contributed by atoms with Crippen molar-refractivity contribution in [1.29, 1.82) is 0 Å². The third-order valence-electron chi connectivity index (χ3n) is 4.02. The largest absolute Gasteiger partial charge is 0.497 e. The lowest BCUT2D eigenvalue weighted by molar-refractivity contribution is 0.413. The third kappa shape index (κ3) is 2.98. The lowest BCUT2D eigenvalue weighted by Crippen LogP contribution is -2.17. The van der Waals surface area contributed by atoms with Crippen molar-refractivity contribution in [2.75, 3.05) is 12.4 Å². The number of fused-ring (bicyclic) bond motifs is 1. The molecule has 1 heterocycles. The second kappa shape index (κ2) is 5.94. The molecule has 0 saturated carbocycles. The number of hydrogen-bond acceptors (Lipinski definition) is 3. The smallest absolute Gasteiger partial charge is 0.132 e. The van der Waals surface area contributed by atoms with Crippen LogP contribution in [0.1, 0.15) is 35.6 Å². The summed E-state index contributed by atoms with van der Waals surface area (Å²) in [6, 6.07) is 8.69. The highest BCUT2D eigenvalue weighted by atomic mass is 35.5. The molecule has 1 aliphatic carbocycles. The van der Waals surface area contributed by atoms with Gasteiger partial charge in [0.25, 0.3) is 0 Å². The molecule has 0 spiro atoms. The zero-order valence-corrected chi connectivity index (χ0v) is 13.1. The highest BCUT2D eigenvalue weighted by Gasteiger charge is 2.21. The van der Waals surface area contributed by atoms with Crippen molar-refractivity contribution in [2.24, 2.45) is 0 Å². The fourth-order valence-corrected chi connectivity index (χ4v) is 3.00. The molecule has 4 heteroatoms. The van der Waals surface area contributed by atoms with Crippen LogP contribution in [0.4, 0.5) is 5.69 Å². The van der Waals surface area contributed by atoms with Crippen LogP contribution in [0.2, 0.25) is 5.15 Å². The van der Waals surface area contributed by atoms with Gasteiger partial charge in [0.1, 0.15) is 10.9 Å². The van der Waals surface area contributed by atoms with E-state index >= 15 is 0 Å². The van der Waals surface area contributed by atoms with Gasteiger partial charge in [-0.1, -0.05) is 17.7 Å². The van der Waals surface area contributed by atoms with Gasteiger partial charge < -0.3 is 10.1 Å². The molecule has 0 bridgehead atoms. The summed E-state index contributed by atoms with van der Waals surface area (Å²) in [5.41, 5.74) is 4.73.